The van der Waals surface area contributed by atoms with Crippen molar-refractivity contribution in [2.75, 3.05) is 10.6 Å². The smallest absolute Gasteiger partial charge is 0.175 e. The molecule has 0 aliphatic rings. The Balaban J connectivity index is 1.63. The van der Waals surface area contributed by atoms with E-state index in [9.17, 15) is 0 Å². The second-order valence-electron chi connectivity index (χ2n) is 5.56. The number of hydrogen-bond acceptors (Lipinski definition) is 2. The molecule has 0 amide bonds. The van der Waals surface area contributed by atoms with Crippen molar-refractivity contribution in [1.29, 1.82) is 0 Å². The fraction of sp³-hybridized carbons (Fsp3) is 0.111. The SMILES string of the molecule is Cc1ccccc1NC(=S)Nc1cnn(Cc2ccc(Cl)cc2Cl)c1. The van der Waals surface area contributed by atoms with Gasteiger partial charge in [0.1, 0.15) is 0 Å². The van der Waals surface area contributed by atoms with Crippen LogP contribution < -0.4 is 10.6 Å². The van der Waals surface area contributed by atoms with Crippen LogP contribution in [0.1, 0.15) is 11.1 Å². The largest absolute Gasteiger partial charge is 0.332 e. The average molecular weight is 391 g/mol. The van der Waals surface area contributed by atoms with Crippen LogP contribution in [0.4, 0.5) is 11.4 Å². The van der Waals surface area contributed by atoms with Crippen LogP contribution in [-0.2, 0) is 6.54 Å². The number of aryl methyl sites for hydroxylation is 1. The third-order valence-electron chi connectivity index (χ3n) is 3.63. The van der Waals surface area contributed by atoms with Crippen LogP contribution in [0.25, 0.3) is 0 Å². The maximum absolute atomic E-state index is 6.20. The standard InChI is InChI=1S/C18H16Cl2N4S/c1-12-4-2-3-5-17(12)23-18(25)22-15-9-21-24(11-15)10-13-6-7-14(19)8-16(13)20/h2-9,11H,10H2,1H3,(H2,22,23,25). The Morgan fingerprint density at radius 2 is 1.96 bits per heavy atom. The number of rotatable bonds is 4. The highest BCUT2D eigenvalue weighted by Crippen LogP contribution is 2.22. The molecule has 0 radical (unpaired) electrons. The van der Waals surface area contributed by atoms with E-state index in [-0.39, 0.29) is 0 Å². The third kappa shape index (κ3) is 4.72. The molecule has 0 aliphatic heterocycles. The van der Waals surface area contributed by atoms with E-state index in [1.165, 1.54) is 0 Å². The number of hydrogen-bond donors (Lipinski definition) is 2. The molecule has 1 aromatic heterocycles. The lowest BCUT2D eigenvalue weighted by Gasteiger charge is -2.11. The Kier molecular flexibility index (Phi) is 5.58. The van der Waals surface area contributed by atoms with Crippen LogP contribution in [0.5, 0.6) is 0 Å². The van der Waals surface area contributed by atoms with Gasteiger partial charge in [-0.2, -0.15) is 5.10 Å². The predicted molar refractivity (Wildman–Crippen MR) is 109 cm³/mol. The molecule has 1 heterocycles. The quantitative estimate of drug-likeness (QED) is 0.588. The second kappa shape index (κ2) is 7.87. The van der Waals surface area contributed by atoms with Crippen molar-refractivity contribution in [2.24, 2.45) is 0 Å². The van der Waals surface area contributed by atoms with Gasteiger partial charge in [-0.15, -0.1) is 0 Å². The zero-order valence-electron chi connectivity index (χ0n) is 13.5. The normalized spacial score (nSPS) is 10.5. The van der Waals surface area contributed by atoms with Crippen molar-refractivity contribution < 1.29 is 0 Å². The van der Waals surface area contributed by atoms with Crippen LogP contribution in [0.3, 0.4) is 0 Å². The van der Waals surface area contributed by atoms with E-state index in [0.29, 0.717) is 21.7 Å². The molecule has 0 bridgehead atoms. The zero-order chi connectivity index (χ0) is 17.8. The summed E-state index contributed by atoms with van der Waals surface area (Å²) in [5, 5.41) is 12.4. The van der Waals surface area contributed by atoms with Gasteiger partial charge in [0.15, 0.2) is 5.11 Å². The number of para-hydroxylation sites is 1. The first kappa shape index (κ1) is 17.7. The monoisotopic (exact) mass is 390 g/mol. The van der Waals surface area contributed by atoms with Crippen molar-refractivity contribution >= 4 is 51.9 Å². The summed E-state index contributed by atoms with van der Waals surface area (Å²) in [6.07, 6.45) is 3.59. The van der Waals surface area contributed by atoms with E-state index < -0.39 is 0 Å². The number of benzene rings is 2. The van der Waals surface area contributed by atoms with Gasteiger partial charge in [-0.1, -0.05) is 47.5 Å². The number of nitrogens with one attached hydrogen (secondary N) is 2. The topological polar surface area (TPSA) is 41.9 Å². The predicted octanol–water partition coefficient (Wildman–Crippen LogP) is 5.36. The van der Waals surface area contributed by atoms with Gasteiger partial charge in [-0.05, 0) is 48.5 Å². The van der Waals surface area contributed by atoms with Gasteiger partial charge in [0, 0.05) is 21.9 Å². The molecule has 4 nitrogen and oxygen atoms in total. The molecule has 0 unspecified atom stereocenters. The van der Waals surface area contributed by atoms with Crippen molar-refractivity contribution in [3.05, 3.63) is 76.0 Å². The maximum Gasteiger partial charge on any atom is 0.175 e. The lowest BCUT2D eigenvalue weighted by molar-refractivity contribution is 0.687. The summed E-state index contributed by atoms with van der Waals surface area (Å²) in [6, 6.07) is 13.4. The van der Waals surface area contributed by atoms with Gasteiger partial charge in [0.2, 0.25) is 0 Å². The Bertz CT molecular complexity index is 908. The molecule has 2 N–H and O–H groups in total. The molecule has 0 spiro atoms. The molecule has 3 rings (SSSR count). The number of anilines is 2. The molecular weight excluding hydrogens is 375 g/mol. The first-order chi connectivity index (χ1) is 12.0. The molecule has 7 heteroatoms. The van der Waals surface area contributed by atoms with E-state index in [1.54, 1.807) is 16.9 Å². The number of thiocarbonyl (C=S) groups is 1. The van der Waals surface area contributed by atoms with Crippen LogP contribution in [0, 0.1) is 6.92 Å². The van der Waals surface area contributed by atoms with Gasteiger partial charge >= 0.3 is 0 Å². The highest BCUT2D eigenvalue weighted by atomic mass is 35.5. The average Bonchev–Trinajstić information content (AvgIpc) is 2.99. The summed E-state index contributed by atoms with van der Waals surface area (Å²) in [6.45, 7) is 2.58. The van der Waals surface area contributed by atoms with Gasteiger partial charge < -0.3 is 10.6 Å². The van der Waals surface area contributed by atoms with Gasteiger partial charge in [-0.3, -0.25) is 4.68 Å². The maximum atomic E-state index is 6.20. The van der Waals surface area contributed by atoms with Crippen molar-refractivity contribution in [1.82, 2.24) is 9.78 Å². The number of aromatic nitrogens is 2. The van der Waals surface area contributed by atoms with Crippen LogP contribution in [0.15, 0.2) is 54.9 Å². The molecule has 0 saturated carbocycles. The molecule has 25 heavy (non-hydrogen) atoms. The van der Waals surface area contributed by atoms with E-state index in [4.69, 9.17) is 35.4 Å². The Hall–Kier alpha value is -2.08. The van der Waals surface area contributed by atoms with Crippen molar-refractivity contribution in [3.8, 4) is 0 Å². The van der Waals surface area contributed by atoms with Crippen molar-refractivity contribution in [3.63, 3.8) is 0 Å². The highest BCUT2D eigenvalue weighted by molar-refractivity contribution is 7.80. The van der Waals surface area contributed by atoms with E-state index >= 15 is 0 Å². The minimum Gasteiger partial charge on any atom is -0.332 e. The van der Waals surface area contributed by atoms with E-state index in [2.05, 4.69) is 15.7 Å². The van der Waals surface area contributed by atoms with E-state index in [1.807, 2.05) is 49.5 Å². The first-order valence-corrected chi connectivity index (χ1v) is 8.78. The highest BCUT2D eigenvalue weighted by Gasteiger charge is 2.06. The van der Waals surface area contributed by atoms with Gasteiger partial charge in [0.05, 0.1) is 18.4 Å². The Morgan fingerprint density at radius 1 is 1.16 bits per heavy atom. The fourth-order valence-electron chi connectivity index (χ4n) is 2.34. The summed E-state index contributed by atoms with van der Waals surface area (Å²) >= 11 is 17.5. The number of halogens is 2. The first-order valence-electron chi connectivity index (χ1n) is 7.61. The second-order valence-corrected chi connectivity index (χ2v) is 6.81. The molecule has 0 atom stereocenters. The van der Waals surface area contributed by atoms with E-state index in [0.717, 1.165) is 22.5 Å². The Labute approximate surface area is 161 Å². The van der Waals surface area contributed by atoms with Gasteiger partial charge in [0.25, 0.3) is 0 Å². The molecular formula is C18H16Cl2N4S. The van der Waals surface area contributed by atoms with Crippen LogP contribution in [-0.4, -0.2) is 14.9 Å². The molecule has 0 aliphatic carbocycles. The lowest BCUT2D eigenvalue weighted by atomic mass is 10.2. The van der Waals surface area contributed by atoms with Crippen LogP contribution >= 0.6 is 35.4 Å². The van der Waals surface area contributed by atoms with Gasteiger partial charge in [-0.25, -0.2) is 0 Å². The summed E-state index contributed by atoms with van der Waals surface area (Å²) in [7, 11) is 0. The molecule has 2 aromatic carbocycles. The minimum absolute atomic E-state index is 0.512. The summed E-state index contributed by atoms with van der Waals surface area (Å²) in [4.78, 5) is 0. The molecule has 0 saturated heterocycles. The fourth-order valence-corrected chi connectivity index (χ4v) is 3.03. The lowest BCUT2D eigenvalue weighted by Crippen LogP contribution is -2.19. The third-order valence-corrected chi connectivity index (χ3v) is 4.42. The van der Waals surface area contributed by atoms with Crippen LogP contribution in [0.2, 0.25) is 10.0 Å². The zero-order valence-corrected chi connectivity index (χ0v) is 15.8. The minimum atomic E-state index is 0.512. The summed E-state index contributed by atoms with van der Waals surface area (Å²) < 4.78 is 1.79. The number of nitrogens with zero attached hydrogens (tertiary/aromatic N) is 2. The molecule has 128 valence electrons. The summed E-state index contributed by atoms with van der Waals surface area (Å²) in [5.74, 6) is 0. The molecule has 0 fully saturated rings. The summed E-state index contributed by atoms with van der Waals surface area (Å²) in [5.41, 5.74) is 3.84. The Morgan fingerprint density at radius 3 is 2.72 bits per heavy atom. The van der Waals surface area contributed by atoms with Crippen molar-refractivity contribution in [2.45, 2.75) is 13.5 Å². The molecule has 3 aromatic rings.